The van der Waals surface area contributed by atoms with E-state index in [1.807, 2.05) is 66.3 Å². The number of hydrogen-bond donors (Lipinski definition) is 0. The SMILES string of the molecule is CO/N=C(\c1ccccc1)c1cccc[n+]1C.[I-]. The molecule has 3 nitrogen and oxygen atoms in total. The first kappa shape index (κ1) is 14.6. The minimum Gasteiger partial charge on any atom is -1.00 e. The quantitative estimate of drug-likeness (QED) is 0.298. The number of aromatic nitrogens is 1. The van der Waals surface area contributed by atoms with Gasteiger partial charge < -0.3 is 28.8 Å². The van der Waals surface area contributed by atoms with Crippen molar-refractivity contribution >= 4 is 5.71 Å². The largest absolute Gasteiger partial charge is 1.00 e. The van der Waals surface area contributed by atoms with Crippen LogP contribution < -0.4 is 28.5 Å². The fourth-order valence-corrected chi connectivity index (χ4v) is 1.70. The lowest BCUT2D eigenvalue weighted by molar-refractivity contribution is -0.672. The molecule has 0 aliphatic carbocycles. The fourth-order valence-electron chi connectivity index (χ4n) is 1.70. The Kier molecular flexibility index (Phi) is 5.77. The molecule has 0 bridgehead atoms. The van der Waals surface area contributed by atoms with Crippen LogP contribution in [0.15, 0.2) is 59.9 Å². The van der Waals surface area contributed by atoms with E-state index in [0.29, 0.717) is 0 Å². The number of hydrogen-bond acceptors (Lipinski definition) is 2. The topological polar surface area (TPSA) is 25.5 Å². The summed E-state index contributed by atoms with van der Waals surface area (Å²) in [6, 6.07) is 16.0. The lowest BCUT2D eigenvalue weighted by Crippen LogP contribution is -3.00. The Bertz CT molecular complexity index is 526. The van der Waals surface area contributed by atoms with Gasteiger partial charge in [0.25, 0.3) is 0 Å². The van der Waals surface area contributed by atoms with Gasteiger partial charge in [0.1, 0.15) is 14.2 Å². The molecule has 0 atom stereocenters. The van der Waals surface area contributed by atoms with E-state index in [0.717, 1.165) is 17.0 Å². The molecule has 94 valence electrons. The molecular weight excluding hydrogens is 339 g/mol. The van der Waals surface area contributed by atoms with Gasteiger partial charge in [-0.05, 0) is 6.07 Å². The predicted molar refractivity (Wildman–Crippen MR) is 66.7 cm³/mol. The fraction of sp³-hybridized carbons (Fsp3) is 0.143. The maximum atomic E-state index is 4.94. The molecular formula is C14H15IN2O. The van der Waals surface area contributed by atoms with E-state index >= 15 is 0 Å². The number of nitrogens with zero attached hydrogens (tertiary/aromatic N) is 2. The molecule has 4 heteroatoms. The van der Waals surface area contributed by atoms with Gasteiger partial charge in [0.15, 0.2) is 11.9 Å². The van der Waals surface area contributed by atoms with Gasteiger partial charge in [0, 0.05) is 17.7 Å². The molecule has 0 unspecified atom stereocenters. The molecule has 0 aliphatic rings. The van der Waals surface area contributed by atoms with E-state index in [4.69, 9.17) is 4.84 Å². The molecule has 0 N–H and O–H groups in total. The third kappa shape index (κ3) is 3.29. The summed E-state index contributed by atoms with van der Waals surface area (Å²) in [5.74, 6) is 0. The summed E-state index contributed by atoms with van der Waals surface area (Å²) in [6.45, 7) is 0. The predicted octanol–water partition coefficient (Wildman–Crippen LogP) is -1.09. The average molecular weight is 354 g/mol. The van der Waals surface area contributed by atoms with Gasteiger partial charge in [-0.1, -0.05) is 35.5 Å². The maximum absolute atomic E-state index is 4.94. The zero-order chi connectivity index (χ0) is 12.1. The number of aryl methyl sites for hydroxylation is 1. The molecule has 18 heavy (non-hydrogen) atoms. The first-order chi connectivity index (χ1) is 8.33. The van der Waals surface area contributed by atoms with Crippen LogP contribution >= 0.6 is 0 Å². The number of benzene rings is 1. The normalized spacial score (nSPS) is 10.7. The summed E-state index contributed by atoms with van der Waals surface area (Å²) in [5, 5.41) is 4.12. The van der Waals surface area contributed by atoms with E-state index in [-0.39, 0.29) is 24.0 Å². The van der Waals surface area contributed by atoms with Crippen LogP contribution in [0.3, 0.4) is 0 Å². The Labute approximate surface area is 124 Å². The number of halogens is 1. The van der Waals surface area contributed by atoms with Crippen LogP contribution in [0.2, 0.25) is 0 Å². The Morgan fingerprint density at radius 3 is 2.33 bits per heavy atom. The van der Waals surface area contributed by atoms with Gasteiger partial charge in [-0.15, -0.1) is 0 Å². The average Bonchev–Trinajstić information content (AvgIpc) is 2.38. The summed E-state index contributed by atoms with van der Waals surface area (Å²) in [7, 11) is 3.55. The van der Waals surface area contributed by atoms with Crippen molar-refractivity contribution < 1.29 is 33.4 Å². The molecule has 2 rings (SSSR count). The Balaban J connectivity index is 0.00000162. The number of oxime groups is 1. The second kappa shape index (κ2) is 7.10. The molecule has 2 aromatic rings. The highest BCUT2D eigenvalue weighted by Gasteiger charge is 2.16. The van der Waals surface area contributed by atoms with Crippen molar-refractivity contribution in [3.63, 3.8) is 0 Å². The van der Waals surface area contributed by atoms with Crippen LogP contribution in [0.25, 0.3) is 0 Å². The molecule has 0 amide bonds. The summed E-state index contributed by atoms with van der Waals surface area (Å²) in [6.07, 6.45) is 1.99. The molecule has 0 saturated heterocycles. The molecule has 0 saturated carbocycles. The number of rotatable bonds is 3. The molecule has 1 aromatic carbocycles. The van der Waals surface area contributed by atoms with Gasteiger partial charge in [-0.25, -0.2) is 0 Å². The first-order valence-corrected chi connectivity index (χ1v) is 5.44. The van der Waals surface area contributed by atoms with Gasteiger partial charge >= 0.3 is 0 Å². The van der Waals surface area contributed by atoms with Crippen molar-refractivity contribution in [3.05, 3.63) is 66.0 Å². The van der Waals surface area contributed by atoms with Crippen molar-refractivity contribution in [1.82, 2.24) is 0 Å². The van der Waals surface area contributed by atoms with Crippen LogP contribution in [-0.2, 0) is 11.9 Å². The highest BCUT2D eigenvalue weighted by atomic mass is 127. The Morgan fingerprint density at radius 2 is 1.72 bits per heavy atom. The zero-order valence-corrected chi connectivity index (χ0v) is 12.5. The lowest BCUT2D eigenvalue weighted by Gasteiger charge is -2.03. The van der Waals surface area contributed by atoms with E-state index < -0.39 is 0 Å². The van der Waals surface area contributed by atoms with Crippen LogP contribution in [0.5, 0.6) is 0 Å². The van der Waals surface area contributed by atoms with Crippen molar-refractivity contribution in [2.75, 3.05) is 7.11 Å². The maximum Gasteiger partial charge on any atom is 0.234 e. The third-order valence-electron chi connectivity index (χ3n) is 2.53. The highest BCUT2D eigenvalue weighted by molar-refractivity contribution is 6.10. The smallest absolute Gasteiger partial charge is 0.234 e. The molecule has 0 fully saturated rings. The van der Waals surface area contributed by atoms with Gasteiger partial charge in [-0.2, -0.15) is 4.57 Å². The Morgan fingerprint density at radius 1 is 1.06 bits per heavy atom. The molecule has 1 aromatic heterocycles. The minimum absolute atomic E-state index is 0. The second-order valence-electron chi connectivity index (χ2n) is 3.69. The zero-order valence-electron chi connectivity index (χ0n) is 10.4. The van der Waals surface area contributed by atoms with Gasteiger partial charge in [-0.3, -0.25) is 0 Å². The van der Waals surface area contributed by atoms with Crippen LogP contribution in [0, 0.1) is 0 Å². The molecule has 1 heterocycles. The summed E-state index contributed by atoms with van der Waals surface area (Å²) < 4.78 is 2.02. The van der Waals surface area contributed by atoms with E-state index in [1.165, 1.54) is 0 Å². The van der Waals surface area contributed by atoms with Crippen molar-refractivity contribution in [2.24, 2.45) is 12.2 Å². The molecule has 0 aliphatic heterocycles. The van der Waals surface area contributed by atoms with E-state index in [1.54, 1.807) is 7.11 Å². The van der Waals surface area contributed by atoms with Crippen LogP contribution in [0.4, 0.5) is 0 Å². The summed E-state index contributed by atoms with van der Waals surface area (Å²) in [4.78, 5) is 4.94. The minimum atomic E-state index is 0. The van der Waals surface area contributed by atoms with Crippen molar-refractivity contribution in [1.29, 1.82) is 0 Å². The van der Waals surface area contributed by atoms with E-state index in [9.17, 15) is 0 Å². The summed E-state index contributed by atoms with van der Waals surface area (Å²) in [5.41, 5.74) is 2.88. The van der Waals surface area contributed by atoms with Gasteiger partial charge in [0.2, 0.25) is 5.69 Å². The van der Waals surface area contributed by atoms with Crippen LogP contribution in [0.1, 0.15) is 11.3 Å². The summed E-state index contributed by atoms with van der Waals surface area (Å²) >= 11 is 0. The third-order valence-corrected chi connectivity index (χ3v) is 2.53. The number of pyridine rings is 1. The van der Waals surface area contributed by atoms with Crippen LogP contribution in [-0.4, -0.2) is 12.8 Å². The van der Waals surface area contributed by atoms with E-state index in [2.05, 4.69) is 5.16 Å². The standard InChI is InChI=1S/C14H15N2O.HI/c1-16-11-7-6-10-13(16)14(15-17-2)12-8-4-3-5-9-12;/h3-11H,1-2H3;1H/q+1;/p-1/b15-14+;. The van der Waals surface area contributed by atoms with Gasteiger partial charge in [0.05, 0.1) is 0 Å². The second-order valence-corrected chi connectivity index (χ2v) is 3.69. The first-order valence-electron chi connectivity index (χ1n) is 5.44. The Hall–Kier alpha value is -1.43. The van der Waals surface area contributed by atoms with Crippen molar-refractivity contribution in [3.8, 4) is 0 Å². The lowest BCUT2D eigenvalue weighted by atomic mass is 10.1. The molecule has 0 radical (unpaired) electrons. The highest BCUT2D eigenvalue weighted by Crippen LogP contribution is 2.07. The molecule has 0 spiro atoms. The van der Waals surface area contributed by atoms with Crippen molar-refractivity contribution in [2.45, 2.75) is 0 Å². The monoisotopic (exact) mass is 354 g/mol.